The van der Waals surface area contributed by atoms with Gasteiger partial charge in [0.2, 0.25) is 5.91 Å². The number of aliphatic hydroxyl groups excluding tert-OH is 1. The van der Waals surface area contributed by atoms with Gasteiger partial charge in [0.05, 0.1) is 11.4 Å². The van der Waals surface area contributed by atoms with Gasteiger partial charge in [0.1, 0.15) is 0 Å². The minimum absolute atomic E-state index is 0.0810. The molecule has 0 aromatic heterocycles. The van der Waals surface area contributed by atoms with Crippen molar-refractivity contribution in [1.82, 2.24) is 4.90 Å². The van der Waals surface area contributed by atoms with Crippen LogP contribution in [0.1, 0.15) is 26.2 Å². The fourth-order valence-corrected chi connectivity index (χ4v) is 1.73. The van der Waals surface area contributed by atoms with Gasteiger partial charge in [-0.15, -0.1) is 0 Å². The standard InChI is InChI=1S/C9H17NO2S/c1-7(13)9(12)10-5-2-3-8(11)4-6-10/h7-8,11,13H,2-6H2,1H3. The van der Waals surface area contributed by atoms with Crippen molar-refractivity contribution < 1.29 is 9.90 Å². The van der Waals surface area contributed by atoms with E-state index in [4.69, 9.17) is 0 Å². The molecule has 1 aliphatic heterocycles. The summed E-state index contributed by atoms with van der Waals surface area (Å²) in [5.74, 6) is 0.0810. The summed E-state index contributed by atoms with van der Waals surface area (Å²) in [5, 5.41) is 9.14. The number of nitrogens with zero attached hydrogens (tertiary/aromatic N) is 1. The van der Waals surface area contributed by atoms with Gasteiger partial charge in [-0.3, -0.25) is 4.79 Å². The molecular weight excluding hydrogens is 186 g/mol. The van der Waals surface area contributed by atoms with Crippen molar-refractivity contribution in [3.05, 3.63) is 0 Å². The second kappa shape index (κ2) is 4.86. The summed E-state index contributed by atoms with van der Waals surface area (Å²) in [7, 11) is 0. The zero-order valence-electron chi connectivity index (χ0n) is 7.94. The van der Waals surface area contributed by atoms with Crippen molar-refractivity contribution in [2.45, 2.75) is 37.5 Å². The molecule has 2 atom stereocenters. The molecule has 1 N–H and O–H groups in total. The van der Waals surface area contributed by atoms with Gasteiger partial charge in [-0.1, -0.05) is 0 Å². The van der Waals surface area contributed by atoms with Crippen molar-refractivity contribution in [3.8, 4) is 0 Å². The fraction of sp³-hybridized carbons (Fsp3) is 0.889. The molecule has 0 aromatic rings. The number of hydrogen-bond acceptors (Lipinski definition) is 3. The lowest BCUT2D eigenvalue weighted by Crippen LogP contribution is -2.36. The lowest BCUT2D eigenvalue weighted by atomic mass is 10.2. The average molecular weight is 203 g/mol. The van der Waals surface area contributed by atoms with E-state index in [-0.39, 0.29) is 17.3 Å². The van der Waals surface area contributed by atoms with E-state index in [1.807, 2.05) is 0 Å². The molecule has 0 bridgehead atoms. The highest BCUT2D eigenvalue weighted by Gasteiger charge is 2.21. The molecule has 1 rings (SSSR count). The monoisotopic (exact) mass is 203 g/mol. The second-order valence-electron chi connectivity index (χ2n) is 3.59. The highest BCUT2D eigenvalue weighted by molar-refractivity contribution is 7.81. The summed E-state index contributed by atoms with van der Waals surface area (Å²) < 4.78 is 0. The van der Waals surface area contributed by atoms with E-state index < -0.39 is 0 Å². The molecule has 0 aromatic carbocycles. The van der Waals surface area contributed by atoms with E-state index in [0.29, 0.717) is 13.0 Å². The number of amides is 1. The molecule has 1 saturated heterocycles. The predicted molar refractivity (Wildman–Crippen MR) is 54.9 cm³/mol. The van der Waals surface area contributed by atoms with Gasteiger partial charge in [0, 0.05) is 13.1 Å². The first-order chi connectivity index (χ1) is 6.11. The Kier molecular flexibility index (Phi) is 4.06. The first-order valence-corrected chi connectivity index (χ1v) is 5.28. The van der Waals surface area contributed by atoms with E-state index in [2.05, 4.69) is 12.6 Å². The van der Waals surface area contributed by atoms with Crippen LogP contribution < -0.4 is 0 Å². The Morgan fingerprint density at radius 3 is 2.85 bits per heavy atom. The summed E-state index contributed by atoms with van der Waals surface area (Å²) in [4.78, 5) is 13.3. The Labute approximate surface area is 84.5 Å². The molecule has 3 nitrogen and oxygen atoms in total. The smallest absolute Gasteiger partial charge is 0.235 e. The summed E-state index contributed by atoms with van der Waals surface area (Å²) in [6.45, 7) is 3.22. The van der Waals surface area contributed by atoms with Crippen LogP contribution in [-0.4, -0.2) is 40.4 Å². The topological polar surface area (TPSA) is 40.5 Å². The summed E-state index contributed by atoms with van der Waals surface area (Å²) >= 11 is 4.11. The third kappa shape index (κ3) is 3.19. The average Bonchev–Trinajstić information content (AvgIpc) is 2.28. The van der Waals surface area contributed by atoms with Gasteiger partial charge in [0.25, 0.3) is 0 Å². The highest BCUT2D eigenvalue weighted by Crippen LogP contribution is 2.12. The fourth-order valence-electron chi connectivity index (χ4n) is 1.56. The molecular formula is C9H17NO2S. The number of aliphatic hydroxyl groups is 1. The van der Waals surface area contributed by atoms with Crippen LogP contribution in [0.3, 0.4) is 0 Å². The quantitative estimate of drug-likeness (QED) is 0.615. The first kappa shape index (κ1) is 10.9. The molecule has 0 saturated carbocycles. The lowest BCUT2D eigenvalue weighted by Gasteiger charge is -2.21. The van der Waals surface area contributed by atoms with Crippen LogP contribution in [0.5, 0.6) is 0 Å². The minimum atomic E-state index is -0.229. The van der Waals surface area contributed by atoms with Crippen LogP contribution in [0.15, 0.2) is 0 Å². The molecule has 1 aliphatic rings. The summed E-state index contributed by atoms with van der Waals surface area (Å²) in [5.41, 5.74) is 0. The molecule has 1 fully saturated rings. The molecule has 1 heterocycles. The first-order valence-electron chi connectivity index (χ1n) is 4.76. The minimum Gasteiger partial charge on any atom is -0.393 e. The zero-order chi connectivity index (χ0) is 9.84. The van der Waals surface area contributed by atoms with Crippen molar-refractivity contribution in [3.63, 3.8) is 0 Å². The van der Waals surface area contributed by atoms with E-state index in [9.17, 15) is 9.90 Å². The Balaban J connectivity index is 2.46. The number of thiol groups is 1. The molecule has 1 amide bonds. The number of carbonyl (C=O) groups excluding carboxylic acids is 1. The second-order valence-corrected chi connectivity index (χ2v) is 4.36. The van der Waals surface area contributed by atoms with Gasteiger partial charge in [0.15, 0.2) is 0 Å². The van der Waals surface area contributed by atoms with Gasteiger partial charge in [-0.25, -0.2) is 0 Å². The predicted octanol–water partition coefficient (Wildman–Crippen LogP) is 0.678. The number of hydrogen-bond donors (Lipinski definition) is 2. The van der Waals surface area contributed by atoms with Crippen molar-refractivity contribution in [1.29, 1.82) is 0 Å². The molecule has 0 aliphatic carbocycles. The van der Waals surface area contributed by atoms with Crippen LogP contribution >= 0.6 is 12.6 Å². The Morgan fingerprint density at radius 2 is 2.23 bits per heavy atom. The maximum atomic E-state index is 11.5. The maximum absolute atomic E-state index is 11.5. The molecule has 76 valence electrons. The lowest BCUT2D eigenvalue weighted by molar-refractivity contribution is -0.130. The number of rotatable bonds is 1. The molecule has 4 heteroatoms. The molecule has 0 spiro atoms. The number of likely N-dealkylation sites (tertiary alicyclic amines) is 1. The van der Waals surface area contributed by atoms with Gasteiger partial charge in [-0.2, -0.15) is 12.6 Å². The highest BCUT2D eigenvalue weighted by atomic mass is 32.1. The third-order valence-corrected chi connectivity index (χ3v) is 2.59. The van der Waals surface area contributed by atoms with Crippen molar-refractivity contribution >= 4 is 18.5 Å². The maximum Gasteiger partial charge on any atom is 0.235 e. The van der Waals surface area contributed by atoms with Gasteiger partial charge < -0.3 is 10.0 Å². The van der Waals surface area contributed by atoms with E-state index in [0.717, 1.165) is 19.4 Å². The number of carbonyl (C=O) groups is 1. The zero-order valence-corrected chi connectivity index (χ0v) is 8.83. The van der Waals surface area contributed by atoms with E-state index in [1.54, 1.807) is 11.8 Å². The van der Waals surface area contributed by atoms with Crippen LogP contribution in [0.2, 0.25) is 0 Å². The van der Waals surface area contributed by atoms with Crippen LogP contribution in [0.4, 0.5) is 0 Å². The Hall–Kier alpha value is -0.220. The molecule has 13 heavy (non-hydrogen) atoms. The van der Waals surface area contributed by atoms with Gasteiger partial charge in [-0.05, 0) is 26.2 Å². The normalized spacial score (nSPS) is 26.7. The van der Waals surface area contributed by atoms with E-state index >= 15 is 0 Å². The largest absolute Gasteiger partial charge is 0.393 e. The summed E-state index contributed by atoms with van der Waals surface area (Å²) in [6.07, 6.45) is 2.18. The molecule has 2 unspecified atom stereocenters. The van der Waals surface area contributed by atoms with Crippen molar-refractivity contribution in [2.24, 2.45) is 0 Å². The van der Waals surface area contributed by atoms with Crippen LogP contribution in [0.25, 0.3) is 0 Å². The van der Waals surface area contributed by atoms with Crippen LogP contribution in [-0.2, 0) is 4.79 Å². The SMILES string of the molecule is CC(S)C(=O)N1CCCC(O)CC1. The summed E-state index contributed by atoms with van der Waals surface area (Å²) in [6, 6.07) is 0. The van der Waals surface area contributed by atoms with E-state index in [1.165, 1.54) is 0 Å². The Bertz CT molecular complexity index is 184. The van der Waals surface area contributed by atoms with Crippen molar-refractivity contribution in [2.75, 3.05) is 13.1 Å². The third-order valence-electron chi connectivity index (χ3n) is 2.37. The van der Waals surface area contributed by atoms with Crippen LogP contribution in [0, 0.1) is 0 Å². The molecule has 0 radical (unpaired) electrons. The Morgan fingerprint density at radius 1 is 1.54 bits per heavy atom. The van der Waals surface area contributed by atoms with Gasteiger partial charge >= 0.3 is 0 Å².